The molecule has 0 spiro atoms. The standard InChI is InChI=1S/C9H11ClN2O2.C8H7Cl2NO2.C8H9NO4.C8H12O4.C7H9ClN2O.C7H7ClN2O.CH4.Cl3OP.Mn.2O/c1-3-14-9(13)6-5-12-8(10)4-7(6)11-2;1-2-13-8(12)5-4-11-7(10)3-6(5)9;1-2-13-8(12)5-4-9-7(11)3-6(5)10;1-3-12-8(11)5-7(10)4-6(2)9;2*1-9-6-2-7(8)10-3-5(6)4-11;;1-5(2,3)4;;;/h4-5H,3H2,1-2H3,(H,11,12);3-4H,2H2,1H3;3-4H,2H2,1H3,(H2,9,10,11);3-5H2,1-2H3;2-3,11H,4H2,1H3,(H,9,10);2-4H,1H3,(H,9,10);1H4;;;;. The summed E-state index contributed by atoms with van der Waals surface area (Å²) in [6.07, 6.45) is 7.04. The van der Waals surface area contributed by atoms with Gasteiger partial charge in [0.15, 0.2) is 12.1 Å². The van der Waals surface area contributed by atoms with Gasteiger partial charge < -0.3 is 50.1 Å². The third-order valence-corrected chi connectivity index (χ3v) is 9.27. The number of halogens is 8. The van der Waals surface area contributed by atoms with Crippen molar-refractivity contribution >= 4 is 156 Å². The first-order chi connectivity index (χ1) is 38.5. The second kappa shape index (κ2) is 48.6. The molecule has 0 amide bonds. The van der Waals surface area contributed by atoms with Gasteiger partial charge in [-0.05, 0) is 92.6 Å². The van der Waals surface area contributed by atoms with Crippen LogP contribution in [0.5, 0.6) is 5.75 Å². The number of Topliss-reactive ketones (excluding diaryl/α,β-unsaturated/α-hetero) is 2. The summed E-state index contributed by atoms with van der Waals surface area (Å²) in [4.78, 5) is 104. The number of rotatable bonds is 16. The Labute approximate surface area is 522 Å². The molecule has 6 N–H and O–H groups in total. The molecule has 0 aliphatic rings. The number of aromatic hydroxyl groups is 1. The first-order valence-corrected chi connectivity index (χ1v) is 29.8. The molecule has 5 aromatic rings. The number of aliphatic hydroxyl groups excluding tert-OH is 1. The predicted octanol–water partition coefficient (Wildman–Crippen LogP) is 11.3. The van der Waals surface area contributed by atoms with Gasteiger partial charge in [-0.2, -0.15) is 0 Å². The Morgan fingerprint density at radius 3 is 1.45 bits per heavy atom. The summed E-state index contributed by atoms with van der Waals surface area (Å²) in [7, 11) is 5.19. The normalized spacial score (nSPS) is 9.36. The van der Waals surface area contributed by atoms with E-state index >= 15 is 0 Å². The van der Waals surface area contributed by atoms with Crippen LogP contribution in [0.15, 0.2) is 66.1 Å². The van der Waals surface area contributed by atoms with Crippen LogP contribution >= 0.6 is 96.9 Å². The molecule has 5 heterocycles. The minimum absolute atomic E-state index is 0. The molecule has 83 heavy (non-hydrogen) atoms. The summed E-state index contributed by atoms with van der Waals surface area (Å²) >= 11 is 40.6. The monoisotopic (exact) mass is 1390 g/mol. The molecule has 0 aliphatic carbocycles. The summed E-state index contributed by atoms with van der Waals surface area (Å²) in [5.74, 6) is -3.11. The number of aliphatic hydroxyl groups is 1. The van der Waals surface area contributed by atoms with E-state index in [2.05, 4.69) is 84.1 Å². The molecule has 0 atom stereocenters. The number of aromatic nitrogens is 5. The first-order valence-electron chi connectivity index (χ1n) is 22.5. The summed E-state index contributed by atoms with van der Waals surface area (Å²) in [6.45, 7) is 9.18. The summed E-state index contributed by atoms with van der Waals surface area (Å²) in [6, 6.07) is 7.17. The van der Waals surface area contributed by atoms with Gasteiger partial charge in [-0.1, -0.05) is 65.4 Å². The van der Waals surface area contributed by atoms with Crippen LogP contribution in [-0.2, 0) is 67.0 Å². The average molecular weight is 1390 g/mol. The van der Waals surface area contributed by atoms with Gasteiger partial charge in [0.2, 0.25) is 0 Å². The fourth-order valence-electron chi connectivity index (χ4n) is 4.89. The Morgan fingerprint density at radius 2 is 1.04 bits per heavy atom. The number of ether oxygens (including phenoxy) is 4. The number of nitrogens with zero attached hydrogens (tertiary/aromatic N) is 4. The number of hydrogen-bond donors (Lipinski definition) is 6. The third kappa shape index (κ3) is 41.0. The SMILES string of the molecule is C.CCOC(=O)CC(=O)CC(C)=O.CCOC(=O)c1c[nH]c(=O)cc1O.CCOC(=O)c1cnc(Cl)cc1Cl.CCOC(=O)c1cnc(Cl)cc1NC.CNc1cc(Cl)ncc1C=O.CNc1cc(Cl)ncc1CO.O=P(Cl)(Cl)Cl.[O]=[Mn]=[O]. The second-order valence-corrected chi connectivity index (χ2v) is 22.7. The van der Waals surface area contributed by atoms with Crippen LogP contribution in [-0.4, -0.2) is 124 Å². The Kier molecular flexibility index (Phi) is 49.0. The molecule has 25 nitrogen and oxygen atoms in total. The molecule has 0 bridgehead atoms. The molecule has 461 valence electrons. The number of hydrogen-bond acceptors (Lipinski definition) is 24. The molecular formula is C48H59Cl8MnN8O17P. The van der Waals surface area contributed by atoms with Crippen molar-refractivity contribution in [1.29, 1.82) is 0 Å². The fraction of sp³-hybridized carbons (Fsp3) is 0.333. The summed E-state index contributed by atoms with van der Waals surface area (Å²) in [5, 5.41) is 25.0. The molecular weight excluding hydrogens is 1330 g/mol. The van der Waals surface area contributed by atoms with Crippen molar-refractivity contribution in [2.24, 2.45) is 0 Å². The van der Waals surface area contributed by atoms with Crippen LogP contribution in [0.4, 0.5) is 17.1 Å². The van der Waals surface area contributed by atoms with Gasteiger partial charge in [0.25, 0.3) is 5.56 Å². The van der Waals surface area contributed by atoms with Gasteiger partial charge in [0.05, 0.1) is 61.3 Å². The van der Waals surface area contributed by atoms with Crippen molar-refractivity contribution in [1.82, 2.24) is 24.9 Å². The van der Waals surface area contributed by atoms with Crippen LogP contribution in [0.25, 0.3) is 0 Å². The van der Waals surface area contributed by atoms with Gasteiger partial charge in [0, 0.05) is 75.1 Å². The maximum absolute atomic E-state index is 11.4. The predicted molar refractivity (Wildman–Crippen MR) is 313 cm³/mol. The Hall–Kier alpha value is -5.73. The van der Waals surface area contributed by atoms with Crippen LogP contribution in [0, 0.1) is 0 Å². The van der Waals surface area contributed by atoms with E-state index in [1.54, 1.807) is 73.2 Å². The van der Waals surface area contributed by atoms with Crippen molar-refractivity contribution < 1.29 is 89.8 Å². The van der Waals surface area contributed by atoms with Crippen LogP contribution in [0.3, 0.4) is 0 Å². The van der Waals surface area contributed by atoms with Crippen molar-refractivity contribution in [2.45, 2.75) is 61.5 Å². The molecule has 0 aliphatic heterocycles. The number of aromatic amines is 1. The number of esters is 4. The quantitative estimate of drug-likeness (QED) is 0.0102. The van der Waals surface area contributed by atoms with Crippen molar-refractivity contribution in [2.75, 3.05) is 63.5 Å². The van der Waals surface area contributed by atoms with Crippen LogP contribution < -0.4 is 21.5 Å². The zero-order chi connectivity index (χ0) is 63.5. The number of carbonyl (C=O) groups excluding carboxylic acids is 7. The van der Waals surface area contributed by atoms with Crippen molar-refractivity contribution in [3.8, 4) is 5.75 Å². The van der Waals surface area contributed by atoms with Gasteiger partial charge >= 0.3 is 51.6 Å². The molecule has 5 rings (SSSR count). The van der Waals surface area contributed by atoms with E-state index in [4.69, 9.17) is 85.4 Å². The van der Waals surface area contributed by atoms with Crippen LogP contribution in [0.2, 0.25) is 25.6 Å². The zero-order valence-corrected chi connectivity index (χ0v) is 52.6. The van der Waals surface area contributed by atoms with E-state index in [0.717, 1.165) is 29.8 Å². The number of carbonyl (C=O) groups is 7. The number of H-pyrrole nitrogens is 1. The number of ketones is 2. The van der Waals surface area contributed by atoms with E-state index in [1.807, 2.05) is 0 Å². The molecule has 5 aromatic heterocycles. The Balaban J connectivity index is -0.000000439. The molecule has 0 aromatic carbocycles. The molecule has 35 heteroatoms. The minimum atomic E-state index is -3.22. The third-order valence-electron chi connectivity index (χ3n) is 8.13. The van der Waals surface area contributed by atoms with Crippen LogP contribution in [0.1, 0.15) is 102 Å². The van der Waals surface area contributed by atoms with Crippen molar-refractivity contribution in [3.05, 3.63) is 125 Å². The second-order valence-electron chi connectivity index (χ2n) is 13.9. The number of aldehydes is 1. The molecule has 0 fully saturated rings. The van der Waals surface area contributed by atoms with E-state index in [9.17, 15) is 42.9 Å². The Bertz CT molecular complexity index is 2990. The number of pyridine rings is 5. The fourth-order valence-corrected chi connectivity index (χ4v) is 5.81. The van der Waals surface area contributed by atoms with E-state index < -0.39 is 49.5 Å². The summed E-state index contributed by atoms with van der Waals surface area (Å²) < 4.78 is 45.1. The van der Waals surface area contributed by atoms with E-state index in [0.29, 0.717) is 51.2 Å². The molecule has 0 unspecified atom stereocenters. The van der Waals surface area contributed by atoms with E-state index in [1.165, 1.54) is 31.6 Å². The molecule has 0 saturated heterocycles. The Morgan fingerprint density at radius 1 is 0.639 bits per heavy atom. The maximum atomic E-state index is 11.4. The molecule has 0 saturated carbocycles. The van der Waals surface area contributed by atoms with Gasteiger partial charge in [-0.15, -0.1) is 0 Å². The van der Waals surface area contributed by atoms with Crippen molar-refractivity contribution in [3.63, 3.8) is 0 Å². The summed E-state index contributed by atoms with van der Waals surface area (Å²) in [5.41, 5.74) is 3.49. The zero-order valence-electron chi connectivity index (χ0n) is 44.5. The van der Waals surface area contributed by atoms with Gasteiger partial charge in [-0.3, -0.25) is 28.5 Å². The first kappa shape index (κ1) is 83.7. The topological polar surface area (TPSA) is 369 Å². The van der Waals surface area contributed by atoms with Gasteiger partial charge in [-0.25, -0.2) is 34.3 Å². The average Bonchev–Trinajstić information content (AvgIpc) is 3.42. The number of anilines is 3. The number of nitrogens with one attached hydrogen (secondary N) is 4. The molecule has 0 radical (unpaired) electrons. The van der Waals surface area contributed by atoms with Gasteiger partial charge in [0.1, 0.15) is 49.7 Å². The van der Waals surface area contributed by atoms with E-state index in [-0.39, 0.29) is 78.7 Å².